The van der Waals surface area contributed by atoms with Crippen molar-refractivity contribution in [3.63, 3.8) is 0 Å². The van der Waals surface area contributed by atoms with Crippen LogP contribution in [-0.2, 0) is 23.8 Å². The second-order valence-corrected chi connectivity index (χ2v) is 9.65. The topological polar surface area (TPSA) is 163 Å². The molecule has 34 heavy (non-hydrogen) atoms. The molecule has 10 heteroatoms. The molecule has 0 aromatic heterocycles. The van der Waals surface area contributed by atoms with E-state index in [4.69, 9.17) is 14.2 Å². The molecule has 0 unspecified atom stereocenters. The van der Waals surface area contributed by atoms with Gasteiger partial charge < -0.3 is 39.7 Å². The summed E-state index contributed by atoms with van der Waals surface area (Å²) in [5.74, 6) is -0.775. The predicted octanol–water partition coefficient (Wildman–Crippen LogP) is -0.332. The normalized spacial score (nSPS) is 33.5. The van der Waals surface area contributed by atoms with E-state index in [2.05, 4.69) is 0 Å². The van der Waals surface area contributed by atoms with Gasteiger partial charge in [0.05, 0.1) is 12.2 Å². The molecule has 0 spiro atoms. The van der Waals surface area contributed by atoms with Gasteiger partial charge in [0.15, 0.2) is 12.1 Å². The first kappa shape index (κ1) is 26.7. The molecule has 5 N–H and O–H groups in total. The molecule has 1 heterocycles. The lowest BCUT2D eigenvalue weighted by Crippen LogP contribution is -2.59. The van der Waals surface area contributed by atoms with E-state index in [0.717, 1.165) is 0 Å². The first-order chi connectivity index (χ1) is 15.9. The molecule has 0 aromatic rings. The average molecular weight is 483 g/mol. The molecule has 3 aliphatic rings. The third-order valence-electron chi connectivity index (χ3n) is 6.58. The van der Waals surface area contributed by atoms with Crippen molar-refractivity contribution in [3.05, 3.63) is 36.0 Å². The number of ketones is 1. The fourth-order valence-corrected chi connectivity index (χ4v) is 4.17. The Morgan fingerprint density at radius 2 is 1.85 bits per heavy atom. The lowest BCUT2D eigenvalue weighted by Gasteiger charge is -2.40. The molecule has 0 saturated carbocycles. The second kappa shape index (κ2) is 10.8. The Balaban J connectivity index is 1.51. The van der Waals surface area contributed by atoms with Crippen LogP contribution < -0.4 is 0 Å². The van der Waals surface area contributed by atoms with E-state index in [1.54, 1.807) is 19.9 Å². The third-order valence-corrected chi connectivity index (χ3v) is 6.58. The molecule has 1 saturated heterocycles. The van der Waals surface area contributed by atoms with Gasteiger partial charge in [0, 0.05) is 12.0 Å². The van der Waals surface area contributed by atoms with Crippen LogP contribution in [0.1, 0.15) is 39.5 Å². The van der Waals surface area contributed by atoms with Gasteiger partial charge >= 0.3 is 5.97 Å². The summed E-state index contributed by atoms with van der Waals surface area (Å²) in [6.45, 7) is 3.01. The minimum atomic E-state index is -1.60. The number of ether oxygens (including phenoxy) is 3. The summed E-state index contributed by atoms with van der Waals surface area (Å²) < 4.78 is 16.3. The quantitative estimate of drug-likeness (QED) is 0.289. The highest BCUT2D eigenvalue weighted by Crippen LogP contribution is 2.32. The van der Waals surface area contributed by atoms with Crippen molar-refractivity contribution in [1.82, 2.24) is 0 Å². The lowest BCUT2D eigenvalue weighted by atomic mass is 9.79. The van der Waals surface area contributed by atoms with E-state index < -0.39 is 47.9 Å². The number of hydrogen-bond donors (Lipinski definition) is 5. The molecular weight excluding hydrogens is 448 g/mol. The Morgan fingerprint density at radius 3 is 2.44 bits per heavy atom. The van der Waals surface area contributed by atoms with Gasteiger partial charge in [0.1, 0.15) is 36.6 Å². The summed E-state index contributed by atoms with van der Waals surface area (Å²) in [5.41, 5.74) is -1.76. The van der Waals surface area contributed by atoms with Crippen LogP contribution >= 0.6 is 0 Å². The fraction of sp³-hybridized carbons (Fsp3) is 0.667. The monoisotopic (exact) mass is 482 g/mol. The van der Waals surface area contributed by atoms with Crippen LogP contribution in [0.4, 0.5) is 0 Å². The Kier molecular flexibility index (Phi) is 8.46. The zero-order chi connectivity index (χ0) is 25.1. The van der Waals surface area contributed by atoms with Crippen LogP contribution in [0.25, 0.3) is 0 Å². The largest absolute Gasteiger partial charge is 0.459 e. The zero-order valence-electron chi connectivity index (χ0n) is 19.4. The van der Waals surface area contributed by atoms with Crippen LogP contribution in [0.3, 0.4) is 0 Å². The van der Waals surface area contributed by atoms with E-state index in [1.165, 1.54) is 24.3 Å². The van der Waals surface area contributed by atoms with Crippen molar-refractivity contribution in [2.45, 2.75) is 81.4 Å². The number of rotatable bonds is 8. The van der Waals surface area contributed by atoms with Gasteiger partial charge in [-0.15, -0.1) is 0 Å². The summed E-state index contributed by atoms with van der Waals surface area (Å²) in [4.78, 5) is 23.7. The van der Waals surface area contributed by atoms with Crippen molar-refractivity contribution in [2.24, 2.45) is 5.92 Å². The van der Waals surface area contributed by atoms with Crippen molar-refractivity contribution >= 4 is 11.8 Å². The van der Waals surface area contributed by atoms with E-state index >= 15 is 0 Å². The molecule has 3 rings (SSSR count). The van der Waals surface area contributed by atoms with Crippen molar-refractivity contribution < 1.29 is 49.3 Å². The summed E-state index contributed by atoms with van der Waals surface area (Å²) in [5, 5.41) is 51.2. The van der Waals surface area contributed by atoms with Gasteiger partial charge in [-0.1, -0.05) is 6.08 Å². The number of carbonyl (C=O) groups excluding carboxylic acids is 2. The summed E-state index contributed by atoms with van der Waals surface area (Å²) in [6.07, 6.45) is 1.43. The highest BCUT2D eigenvalue weighted by atomic mass is 16.7. The van der Waals surface area contributed by atoms with Crippen LogP contribution in [0, 0.1) is 5.92 Å². The van der Waals surface area contributed by atoms with E-state index in [-0.39, 0.29) is 31.3 Å². The Hall–Kier alpha value is -1.92. The first-order valence-corrected chi connectivity index (χ1v) is 11.4. The molecule has 10 nitrogen and oxygen atoms in total. The number of esters is 1. The van der Waals surface area contributed by atoms with Gasteiger partial charge in [0.2, 0.25) is 0 Å². The standard InChI is InChI=1S/C24H34O10/c1-23(2,30)15-5-3-14(4-6-15)21(29)33-13-17-18(26)19(27)20(28)22(34-17)32-12-11-24(31)9-7-16(25)8-10-24/h3,7-10,15,17-20,22,26-28,30-31H,4-6,11-13H2,1-2H3/t15-,17+,18+,19-,20+,22+/m0/s1. The summed E-state index contributed by atoms with van der Waals surface area (Å²) >= 11 is 0. The first-order valence-electron chi connectivity index (χ1n) is 11.4. The third kappa shape index (κ3) is 6.60. The molecule has 0 bridgehead atoms. The molecule has 0 aromatic carbocycles. The summed E-state index contributed by atoms with van der Waals surface area (Å²) in [6, 6.07) is 0. The number of aliphatic hydroxyl groups is 5. The number of hydrogen-bond acceptors (Lipinski definition) is 10. The highest BCUT2D eigenvalue weighted by Gasteiger charge is 2.45. The van der Waals surface area contributed by atoms with Gasteiger partial charge in [-0.25, -0.2) is 4.79 Å². The minimum Gasteiger partial charge on any atom is -0.459 e. The molecule has 1 aliphatic heterocycles. The molecule has 0 amide bonds. The lowest BCUT2D eigenvalue weighted by molar-refractivity contribution is -0.302. The summed E-state index contributed by atoms with van der Waals surface area (Å²) in [7, 11) is 0. The molecule has 190 valence electrons. The van der Waals surface area contributed by atoms with Crippen LogP contribution in [-0.4, -0.2) is 92.4 Å². The number of carbonyl (C=O) groups is 2. The predicted molar refractivity (Wildman–Crippen MR) is 118 cm³/mol. The minimum absolute atomic E-state index is 0.0419. The van der Waals surface area contributed by atoms with Gasteiger partial charge in [-0.05, 0) is 63.3 Å². The Bertz CT molecular complexity index is 823. The molecular formula is C24H34O10. The highest BCUT2D eigenvalue weighted by molar-refractivity contribution is 6.00. The van der Waals surface area contributed by atoms with E-state index in [1.807, 2.05) is 0 Å². The van der Waals surface area contributed by atoms with Crippen LogP contribution in [0.15, 0.2) is 36.0 Å². The van der Waals surface area contributed by atoms with Gasteiger partial charge in [-0.2, -0.15) is 0 Å². The van der Waals surface area contributed by atoms with E-state index in [0.29, 0.717) is 24.8 Å². The molecule has 2 aliphatic carbocycles. The van der Waals surface area contributed by atoms with Gasteiger partial charge in [0.25, 0.3) is 0 Å². The van der Waals surface area contributed by atoms with Crippen molar-refractivity contribution in [3.8, 4) is 0 Å². The van der Waals surface area contributed by atoms with E-state index in [9.17, 15) is 35.1 Å². The van der Waals surface area contributed by atoms with Crippen LogP contribution in [0.5, 0.6) is 0 Å². The average Bonchev–Trinajstić information content (AvgIpc) is 2.80. The molecule has 1 fully saturated rings. The van der Waals surface area contributed by atoms with Crippen molar-refractivity contribution in [2.75, 3.05) is 13.2 Å². The molecule has 6 atom stereocenters. The van der Waals surface area contributed by atoms with Gasteiger partial charge in [-0.3, -0.25) is 4.79 Å². The second-order valence-electron chi connectivity index (χ2n) is 9.65. The Morgan fingerprint density at radius 1 is 1.18 bits per heavy atom. The maximum atomic E-state index is 12.4. The van der Waals surface area contributed by atoms with Crippen molar-refractivity contribution in [1.29, 1.82) is 0 Å². The smallest absolute Gasteiger partial charge is 0.333 e. The molecule has 0 radical (unpaired) electrons. The number of allylic oxidation sites excluding steroid dienone is 3. The van der Waals surface area contributed by atoms with Crippen LogP contribution in [0.2, 0.25) is 0 Å². The Labute approximate surface area is 198 Å². The maximum absolute atomic E-state index is 12.4. The zero-order valence-corrected chi connectivity index (χ0v) is 19.4. The number of aliphatic hydroxyl groups excluding tert-OH is 3. The SMILES string of the molecule is CC(C)(O)[C@H]1CC=C(C(=O)OC[C@H]2O[C@@H](OCCC3(O)C=CC(=O)C=C3)[C@H](O)[C@@H](O)[C@@H]2O)CC1. The fourth-order valence-electron chi connectivity index (χ4n) is 4.17. The maximum Gasteiger partial charge on any atom is 0.333 e.